The van der Waals surface area contributed by atoms with Crippen LogP contribution < -0.4 is 9.47 Å². The molecule has 0 bridgehead atoms. The molecule has 1 aliphatic heterocycles. The monoisotopic (exact) mass is 392 g/mol. The molecular weight excluding hydrogens is 368 g/mol. The molecule has 1 N–H and O–H groups in total. The Morgan fingerprint density at radius 1 is 0.654 bits per heavy atom. The van der Waals surface area contributed by atoms with E-state index in [1.54, 1.807) is 0 Å². The van der Waals surface area contributed by atoms with Gasteiger partial charge in [-0.3, -0.25) is 4.55 Å². The number of rotatable bonds is 1. The maximum Gasteiger partial charge on any atom is 0.294 e. The summed E-state index contributed by atoms with van der Waals surface area (Å²) in [5.41, 5.74) is 0. The second-order valence-electron chi connectivity index (χ2n) is 5.23. The Balaban J connectivity index is 1.99. The van der Waals surface area contributed by atoms with Gasteiger partial charge in [-0.05, 0) is 12.1 Å². The fraction of sp³-hybridized carbons (Fsp3) is 0.625. The molecule has 1 heterocycles. The smallest absolute Gasteiger partial charge is 0.294 e. The lowest BCUT2D eigenvalue weighted by molar-refractivity contribution is -0.00843. The summed E-state index contributed by atoms with van der Waals surface area (Å²) in [6, 6.07) is 3.88. The molecule has 0 radical (unpaired) electrons. The summed E-state index contributed by atoms with van der Waals surface area (Å²) in [5.74, 6) is 0.547. The summed E-state index contributed by atoms with van der Waals surface area (Å²) in [5, 5.41) is 0. The van der Waals surface area contributed by atoms with Gasteiger partial charge in [0.1, 0.15) is 13.2 Å². The number of benzene rings is 1. The Hall–Kier alpha value is -1.43. The number of fused-ring (bicyclic) bond motifs is 1. The van der Waals surface area contributed by atoms with Gasteiger partial charge in [0.25, 0.3) is 10.1 Å². The van der Waals surface area contributed by atoms with E-state index in [1.165, 1.54) is 18.2 Å². The minimum Gasteiger partial charge on any atom is -0.487 e. The van der Waals surface area contributed by atoms with Gasteiger partial charge in [-0.1, -0.05) is 0 Å². The first-order valence-corrected chi connectivity index (χ1v) is 9.69. The topological polar surface area (TPSA) is 110 Å². The number of hydrogen-bond donors (Lipinski definition) is 1. The second-order valence-corrected chi connectivity index (χ2v) is 6.65. The van der Waals surface area contributed by atoms with E-state index in [2.05, 4.69) is 0 Å². The summed E-state index contributed by atoms with van der Waals surface area (Å²) in [4.78, 5) is -0.273. The van der Waals surface area contributed by atoms with Gasteiger partial charge in [-0.25, -0.2) is 0 Å². The Morgan fingerprint density at radius 3 is 1.54 bits per heavy atom. The van der Waals surface area contributed by atoms with E-state index < -0.39 is 10.1 Å². The Bertz CT molecular complexity index is 633. The van der Waals surface area contributed by atoms with Crippen molar-refractivity contribution >= 4 is 10.1 Å². The second kappa shape index (κ2) is 11.3. The van der Waals surface area contributed by atoms with Gasteiger partial charge in [-0.2, -0.15) is 8.42 Å². The molecule has 0 fully saturated rings. The Kier molecular flexibility index (Phi) is 9.09. The third kappa shape index (κ3) is 7.85. The van der Waals surface area contributed by atoms with Crippen LogP contribution in [0.3, 0.4) is 0 Å². The Labute approximate surface area is 152 Å². The lowest BCUT2D eigenvalue weighted by Crippen LogP contribution is -2.16. The lowest BCUT2D eigenvalue weighted by Gasteiger charge is -2.14. The van der Waals surface area contributed by atoms with E-state index in [0.29, 0.717) is 58.6 Å². The predicted molar refractivity (Wildman–Crippen MR) is 90.5 cm³/mol. The fourth-order valence-electron chi connectivity index (χ4n) is 2.06. The van der Waals surface area contributed by atoms with Gasteiger partial charge < -0.3 is 28.4 Å². The van der Waals surface area contributed by atoms with Crippen molar-refractivity contribution in [1.29, 1.82) is 0 Å². The minimum absolute atomic E-state index is 0.185. The highest BCUT2D eigenvalue weighted by atomic mass is 32.2. The van der Waals surface area contributed by atoms with Gasteiger partial charge >= 0.3 is 0 Å². The van der Waals surface area contributed by atoms with Crippen LogP contribution in [0, 0.1) is 0 Å². The van der Waals surface area contributed by atoms with Crippen LogP contribution in [-0.4, -0.2) is 79.0 Å². The Morgan fingerprint density at radius 2 is 1.08 bits per heavy atom. The van der Waals surface area contributed by atoms with Crippen LogP contribution in [0.2, 0.25) is 0 Å². The average molecular weight is 392 g/mol. The first-order valence-electron chi connectivity index (χ1n) is 8.25. The van der Waals surface area contributed by atoms with Crippen molar-refractivity contribution in [3.63, 3.8) is 0 Å². The molecular formula is C16H24O9S. The molecule has 0 saturated heterocycles. The molecule has 1 aromatic rings. The maximum atomic E-state index is 11.3. The van der Waals surface area contributed by atoms with Gasteiger partial charge in [-0.15, -0.1) is 0 Å². The van der Waals surface area contributed by atoms with E-state index in [4.69, 9.17) is 28.4 Å². The van der Waals surface area contributed by atoms with E-state index in [9.17, 15) is 13.0 Å². The molecule has 9 nitrogen and oxygen atoms in total. The summed E-state index contributed by atoms with van der Waals surface area (Å²) in [7, 11) is -4.34. The molecule has 0 atom stereocenters. The van der Waals surface area contributed by atoms with E-state index in [0.717, 1.165) is 0 Å². The maximum absolute atomic E-state index is 11.3. The van der Waals surface area contributed by atoms with Crippen molar-refractivity contribution in [1.82, 2.24) is 0 Å². The van der Waals surface area contributed by atoms with Crippen molar-refractivity contribution in [3.05, 3.63) is 18.2 Å². The van der Waals surface area contributed by atoms with Crippen LogP contribution in [0.5, 0.6) is 11.5 Å². The molecule has 0 unspecified atom stereocenters. The molecule has 0 aliphatic carbocycles. The van der Waals surface area contributed by atoms with Crippen LogP contribution in [-0.2, 0) is 29.1 Å². The SMILES string of the molecule is O=S(=O)(O)c1ccc2c(c1)OCCOCCOCCOCCOCCO2. The van der Waals surface area contributed by atoms with Crippen LogP contribution in [0.4, 0.5) is 0 Å². The molecule has 1 aromatic carbocycles. The summed E-state index contributed by atoms with van der Waals surface area (Å²) >= 11 is 0. The van der Waals surface area contributed by atoms with Crippen molar-refractivity contribution in [2.24, 2.45) is 0 Å². The molecule has 0 amide bonds. The standard InChI is InChI=1S/C16H24O9S/c17-26(18,19)14-1-2-15-16(13-14)25-12-10-23-8-6-21-4-3-20-5-7-22-9-11-24-15/h1-2,13H,3-12H2,(H,17,18,19). The summed E-state index contributed by atoms with van der Waals surface area (Å²) in [6.07, 6.45) is 0. The van der Waals surface area contributed by atoms with Gasteiger partial charge in [0.2, 0.25) is 0 Å². The third-order valence-electron chi connectivity index (χ3n) is 3.30. The molecule has 1 aliphatic rings. The van der Waals surface area contributed by atoms with Crippen molar-refractivity contribution < 1.29 is 41.4 Å². The zero-order chi connectivity index (χ0) is 18.7. The number of ether oxygens (including phenoxy) is 6. The van der Waals surface area contributed by atoms with Gasteiger partial charge in [0.15, 0.2) is 11.5 Å². The molecule has 148 valence electrons. The van der Waals surface area contributed by atoms with Crippen LogP contribution in [0.15, 0.2) is 23.1 Å². The van der Waals surface area contributed by atoms with Crippen molar-refractivity contribution in [2.45, 2.75) is 4.90 Å². The number of hydrogen-bond acceptors (Lipinski definition) is 8. The fourth-order valence-corrected chi connectivity index (χ4v) is 2.56. The summed E-state index contributed by atoms with van der Waals surface area (Å²) in [6.45, 7) is 3.76. The molecule has 10 heteroatoms. The third-order valence-corrected chi connectivity index (χ3v) is 4.15. The predicted octanol–water partition coefficient (Wildman–Crippen LogP) is 0.771. The normalized spacial score (nSPS) is 19.3. The van der Waals surface area contributed by atoms with Gasteiger partial charge in [0.05, 0.1) is 57.8 Å². The van der Waals surface area contributed by atoms with Crippen LogP contribution in [0.25, 0.3) is 0 Å². The average Bonchev–Trinajstić information content (AvgIpc) is 2.60. The van der Waals surface area contributed by atoms with Crippen molar-refractivity contribution in [2.75, 3.05) is 66.1 Å². The largest absolute Gasteiger partial charge is 0.487 e. The molecule has 2 rings (SSSR count). The summed E-state index contributed by atoms with van der Waals surface area (Å²) < 4.78 is 64.3. The molecule has 0 spiro atoms. The van der Waals surface area contributed by atoms with E-state index in [-0.39, 0.29) is 23.9 Å². The molecule has 0 saturated carbocycles. The zero-order valence-electron chi connectivity index (χ0n) is 14.4. The van der Waals surface area contributed by atoms with E-state index >= 15 is 0 Å². The first-order chi connectivity index (χ1) is 12.6. The quantitative estimate of drug-likeness (QED) is 0.693. The lowest BCUT2D eigenvalue weighted by atomic mass is 10.3. The van der Waals surface area contributed by atoms with Crippen LogP contribution >= 0.6 is 0 Å². The van der Waals surface area contributed by atoms with Crippen molar-refractivity contribution in [3.8, 4) is 11.5 Å². The van der Waals surface area contributed by atoms with E-state index in [1.807, 2.05) is 0 Å². The highest BCUT2D eigenvalue weighted by molar-refractivity contribution is 7.85. The highest BCUT2D eigenvalue weighted by Gasteiger charge is 2.15. The molecule has 0 aromatic heterocycles. The zero-order valence-corrected chi connectivity index (χ0v) is 15.2. The first kappa shape index (κ1) is 20.9. The highest BCUT2D eigenvalue weighted by Crippen LogP contribution is 2.30. The minimum atomic E-state index is -4.34. The van der Waals surface area contributed by atoms with Crippen LogP contribution in [0.1, 0.15) is 0 Å². The molecule has 26 heavy (non-hydrogen) atoms. The van der Waals surface area contributed by atoms with Gasteiger partial charge in [0, 0.05) is 6.07 Å².